The minimum atomic E-state index is -3.69. The van der Waals surface area contributed by atoms with Crippen molar-refractivity contribution in [1.29, 1.82) is 0 Å². The predicted molar refractivity (Wildman–Crippen MR) is 85.0 cm³/mol. The van der Waals surface area contributed by atoms with Gasteiger partial charge in [0.25, 0.3) is 10.0 Å². The molecule has 0 unspecified atom stereocenters. The molecule has 1 atom stereocenters. The maximum atomic E-state index is 12.3. The molecule has 0 amide bonds. The molecule has 22 heavy (non-hydrogen) atoms. The molecule has 0 saturated carbocycles. The van der Waals surface area contributed by atoms with Gasteiger partial charge in [0.05, 0.1) is 11.5 Å². The van der Waals surface area contributed by atoms with Crippen molar-refractivity contribution in [3.8, 4) is 0 Å². The molecule has 1 heterocycles. The third kappa shape index (κ3) is 4.30. The number of hydrogen-bond donors (Lipinski definition) is 0. The van der Waals surface area contributed by atoms with Crippen molar-refractivity contribution < 1.29 is 17.9 Å². The summed E-state index contributed by atoms with van der Waals surface area (Å²) in [6.45, 7) is 4.92. The highest BCUT2D eigenvalue weighted by Crippen LogP contribution is 2.22. The molecular weight excluding hydrogens is 326 g/mol. The molecule has 1 saturated heterocycles. The zero-order chi connectivity index (χ0) is 16.2. The molecule has 2 rings (SSSR count). The molecule has 1 aliphatic rings. The van der Waals surface area contributed by atoms with Gasteiger partial charge < -0.3 is 9.47 Å². The number of ether oxygens (including phenoxy) is 2. The third-order valence-electron chi connectivity index (χ3n) is 3.34. The van der Waals surface area contributed by atoms with Crippen molar-refractivity contribution in [2.75, 3.05) is 19.8 Å². The van der Waals surface area contributed by atoms with Crippen LogP contribution in [-0.4, -0.2) is 38.3 Å². The fraction of sp³-hybridized carbons (Fsp3) is 0.467. The minimum absolute atomic E-state index is 0.0926. The van der Waals surface area contributed by atoms with Gasteiger partial charge in [0.2, 0.25) is 0 Å². The SMILES string of the molecule is CCO[C@H]1C/C(=C/CN(Cl)S(=O)(=O)c2ccc(C)cc2)CO1. The highest BCUT2D eigenvalue weighted by molar-refractivity contribution is 7.90. The average Bonchev–Trinajstić information content (AvgIpc) is 2.93. The number of nitrogens with zero attached hydrogens (tertiary/aromatic N) is 1. The third-order valence-corrected chi connectivity index (χ3v) is 5.56. The van der Waals surface area contributed by atoms with E-state index in [4.69, 9.17) is 21.3 Å². The Balaban J connectivity index is 2.00. The number of sulfonamides is 1. The number of aryl methyl sites for hydroxylation is 1. The standard InChI is InChI=1S/C15H20ClNO4S/c1-3-20-15-10-13(11-21-15)8-9-17(16)22(18,19)14-6-4-12(2)5-7-14/h4-8,15H,3,9-11H2,1-2H3/b13-8-/t15-/m1/s1. The second-order valence-electron chi connectivity index (χ2n) is 5.05. The van der Waals surface area contributed by atoms with Crippen LogP contribution in [0.3, 0.4) is 0 Å². The Morgan fingerprint density at radius 1 is 1.41 bits per heavy atom. The molecule has 0 aliphatic carbocycles. The highest BCUT2D eigenvalue weighted by atomic mass is 35.5. The molecule has 122 valence electrons. The lowest BCUT2D eigenvalue weighted by atomic mass is 10.2. The van der Waals surface area contributed by atoms with Crippen molar-refractivity contribution in [2.24, 2.45) is 0 Å². The minimum Gasteiger partial charge on any atom is -0.353 e. The summed E-state index contributed by atoms with van der Waals surface area (Å²) in [7, 11) is -3.69. The first-order valence-electron chi connectivity index (χ1n) is 7.09. The lowest BCUT2D eigenvalue weighted by Crippen LogP contribution is -2.22. The Kier molecular flexibility index (Phi) is 6.00. The summed E-state index contributed by atoms with van der Waals surface area (Å²) in [5, 5.41) is 0. The van der Waals surface area contributed by atoms with Crippen LogP contribution < -0.4 is 0 Å². The molecule has 0 bridgehead atoms. The van der Waals surface area contributed by atoms with Gasteiger partial charge in [0.15, 0.2) is 6.29 Å². The Labute approximate surface area is 136 Å². The first-order valence-corrected chi connectivity index (χ1v) is 8.87. The summed E-state index contributed by atoms with van der Waals surface area (Å²) in [6.07, 6.45) is 2.18. The van der Waals surface area contributed by atoms with E-state index in [0.29, 0.717) is 19.6 Å². The smallest absolute Gasteiger partial charge is 0.256 e. The maximum absolute atomic E-state index is 12.3. The normalized spacial score (nSPS) is 20.9. The summed E-state index contributed by atoms with van der Waals surface area (Å²) in [4.78, 5) is 0.182. The van der Waals surface area contributed by atoms with Gasteiger partial charge in [0, 0.05) is 19.6 Å². The zero-order valence-corrected chi connectivity index (χ0v) is 14.2. The van der Waals surface area contributed by atoms with E-state index in [1.54, 1.807) is 30.3 Å². The van der Waals surface area contributed by atoms with Crippen molar-refractivity contribution in [3.05, 3.63) is 41.5 Å². The molecule has 0 radical (unpaired) electrons. The molecule has 0 N–H and O–H groups in total. The van der Waals surface area contributed by atoms with Crippen LogP contribution in [0.5, 0.6) is 0 Å². The van der Waals surface area contributed by atoms with Crippen LogP contribution in [0.4, 0.5) is 0 Å². The molecule has 1 aromatic rings. The van der Waals surface area contributed by atoms with Crippen LogP contribution in [0.15, 0.2) is 40.8 Å². The second kappa shape index (κ2) is 7.57. The predicted octanol–water partition coefficient (Wildman–Crippen LogP) is 2.85. The highest BCUT2D eigenvalue weighted by Gasteiger charge is 2.24. The van der Waals surface area contributed by atoms with Crippen LogP contribution in [0, 0.1) is 6.92 Å². The number of halogens is 1. The molecule has 5 nitrogen and oxygen atoms in total. The Hall–Kier alpha value is -0.920. The van der Waals surface area contributed by atoms with Gasteiger partial charge in [-0.15, -0.1) is 3.82 Å². The molecule has 1 aliphatic heterocycles. The Morgan fingerprint density at radius 2 is 2.09 bits per heavy atom. The number of hydrogen-bond acceptors (Lipinski definition) is 4. The van der Waals surface area contributed by atoms with E-state index in [1.807, 2.05) is 13.8 Å². The molecule has 1 aromatic carbocycles. The van der Waals surface area contributed by atoms with E-state index in [-0.39, 0.29) is 17.7 Å². The number of rotatable bonds is 6. The van der Waals surface area contributed by atoms with E-state index in [1.165, 1.54) is 0 Å². The first kappa shape index (κ1) is 17.4. The van der Waals surface area contributed by atoms with Crippen molar-refractivity contribution in [3.63, 3.8) is 0 Å². The zero-order valence-electron chi connectivity index (χ0n) is 12.7. The van der Waals surface area contributed by atoms with Crippen LogP contribution in [0.25, 0.3) is 0 Å². The van der Waals surface area contributed by atoms with E-state index < -0.39 is 10.0 Å². The molecule has 0 aromatic heterocycles. The van der Waals surface area contributed by atoms with Crippen LogP contribution >= 0.6 is 11.8 Å². The van der Waals surface area contributed by atoms with E-state index in [2.05, 4.69) is 0 Å². The lowest BCUT2D eigenvalue weighted by molar-refractivity contribution is -0.106. The van der Waals surface area contributed by atoms with Crippen LogP contribution in [-0.2, 0) is 19.5 Å². The van der Waals surface area contributed by atoms with Gasteiger partial charge in [0.1, 0.15) is 0 Å². The molecular formula is C15H20ClNO4S. The number of benzene rings is 1. The van der Waals surface area contributed by atoms with Gasteiger partial charge in [-0.25, -0.2) is 8.42 Å². The summed E-state index contributed by atoms with van der Waals surface area (Å²) >= 11 is 5.95. The van der Waals surface area contributed by atoms with Crippen molar-refractivity contribution in [1.82, 2.24) is 3.82 Å². The van der Waals surface area contributed by atoms with Crippen molar-refractivity contribution >= 4 is 21.8 Å². The van der Waals surface area contributed by atoms with E-state index in [9.17, 15) is 8.42 Å². The van der Waals surface area contributed by atoms with Gasteiger partial charge in [-0.3, -0.25) is 0 Å². The van der Waals surface area contributed by atoms with Gasteiger partial charge in [-0.05, 0) is 43.3 Å². The molecule has 0 spiro atoms. The van der Waals surface area contributed by atoms with Gasteiger partial charge in [-0.2, -0.15) is 0 Å². The summed E-state index contributed by atoms with van der Waals surface area (Å²) in [5.41, 5.74) is 1.98. The summed E-state index contributed by atoms with van der Waals surface area (Å²) in [6, 6.07) is 6.59. The fourth-order valence-corrected chi connectivity index (χ4v) is 3.38. The average molecular weight is 346 g/mol. The van der Waals surface area contributed by atoms with Gasteiger partial charge >= 0.3 is 0 Å². The fourth-order valence-electron chi connectivity index (χ4n) is 2.09. The topological polar surface area (TPSA) is 55.8 Å². The largest absolute Gasteiger partial charge is 0.353 e. The maximum Gasteiger partial charge on any atom is 0.256 e. The monoisotopic (exact) mass is 345 g/mol. The molecule has 7 heteroatoms. The Bertz CT molecular complexity index is 627. The van der Waals surface area contributed by atoms with Crippen LogP contribution in [0.1, 0.15) is 18.9 Å². The van der Waals surface area contributed by atoms with E-state index in [0.717, 1.165) is 15.0 Å². The summed E-state index contributed by atoms with van der Waals surface area (Å²) < 4.78 is 36.2. The second-order valence-corrected chi connectivity index (χ2v) is 7.52. The Morgan fingerprint density at radius 3 is 2.73 bits per heavy atom. The molecule has 1 fully saturated rings. The van der Waals surface area contributed by atoms with Gasteiger partial charge in [-0.1, -0.05) is 23.8 Å². The lowest BCUT2D eigenvalue weighted by Gasteiger charge is -2.13. The van der Waals surface area contributed by atoms with Crippen molar-refractivity contribution in [2.45, 2.75) is 31.5 Å². The quantitative estimate of drug-likeness (QED) is 0.587. The van der Waals surface area contributed by atoms with Crippen LogP contribution in [0.2, 0.25) is 0 Å². The van der Waals surface area contributed by atoms with E-state index >= 15 is 0 Å². The first-order chi connectivity index (χ1) is 10.4. The summed E-state index contributed by atoms with van der Waals surface area (Å²) in [5.74, 6) is 0.